The molecule has 2 heterocycles. The normalized spacial score (nSPS) is 16.8. The average Bonchev–Trinajstić information content (AvgIpc) is 2.98. The maximum absolute atomic E-state index is 13.5. The van der Waals surface area contributed by atoms with Gasteiger partial charge in [-0.3, -0.25) is 19.3 Å². The van der Waals surface area contributed by atoms with Crippen LogP contribution in [0.4, 0.5) is 0 Å². The number of benzene rings is 1. The summed E-state index contributed by atoms with van der Waals surface area (Å²) in [7, 11) is 0. The van der Waals surface area contributed by atoms with Gasteiger partial charge in [0, 0.05) is 18.0 Å². The molecule has 0 N–H and O–H groups in total. The number of hydrogen-bond donors (Lipinski definition) is 0. The Labute approximate surface area is 189 Å². The Morgan fingerprint density at radius 2 is 1.77 bits per heavy atom. The zero-order valence-electron chi connectivity index (χ0n) is 17.6. The molecule has 2 aliphatic heterocycles. The van der Waals surface area contributed by atoms with Crippen molar-refractivity contribution in [3.05, 3.63) is 47.2 Å². The number of imide groups is 1. The van der Waals surface area contributed by atoms with Crippen molar-refractivity contribution in [1.29, 1.82) is 0 Å². The highest BCUT2D eigenvalue weighted by Crippen LogP contribution is 2.28. The first kappa shape index (κ1) is 22.9. The highest BCUT2D eigenvalue weighted by Gasteiger charge is 2.45. The molecule has 0 saturated heterocycles. The summed E-state index contributed by atoms with van der Waals surface area (Å²) in [4.78, 5) is 53.1. The van der Waals surface area contributed by atoms with Crippen molar-refractivity contribution >= 4 is 45.8 Å². The molecule has 3 rings (SSSR count). The Balaban J connectivity index is 1.93. The highest BCUT2D eigenvalue weighted by molar-refractivity contribution is 9.09. The summed E-state index contributed by atoms with van der Waals surface area (Å²) in [6.45, 7) is 5.17. The fraction of sp³-hybridized carbons (Fsp3) is 0.409. The van der Waals surface area contributed by atoms with Crippen LogP contribution in [0.3, 0.4) is 0 Å². The van der Waals surface area contributed by atoms with Crippen molar-refractivity contribution in [2.75, 3.05) is 5.33 Å². The topological polar surface area (TPSA) is 96.3 Å². The molecule has 9 heteroatoms. The van der Waals surface area contributed by atoms with Crippen molar-refractivity contribution in [2.45, 2.75) is 51.7 Å². The van der Waals surface area contributed by atoms with Crippen molar-refractivity contribution in [1.82, 2.24) is 9.91 Å². The minimum atomic E-state index is -1.11. The van der Waals surface area contributed by atoms with Gasteiger partial charge in [-0.15, -0.1) is 0 Å². The van der Waals surface area contributed by atoms with Crippen LogP contribution in [0.5, 0.6) is 0 Å². The van der Waals surface area contributed by atoms with Gasteiger partial charge in [0.2, 0.25) is 0 Å². The second kappa shape index (κ2) is 9.13. The van der Waals surface area contributed by atoms with Gasteiger partial charge in [-0.05, 0) is 51.8 Å². The van der Waals surface area contributed by atoms with Crippen molar-refractivity contribution in [2.24, 2.45) is 5.10 Å². The minimum absolute atomic E-state index is 0.0251. The third-order valence-corrected chi connectivity index (χ3v) is 5.25. The fourth-order valence-corrected chi connectivity index (χ4v) is 3.71. The zero-order chi connectivity index (χ0) is 22.8. The molecule has 164 valence electrons. The number of halogens is 1. The van der Waals surface area contributed by atoms with Gasteiger partial charge in [0.25, 0.3) is 17.7 Å². The highest BCUT2D eigenvalue weighted by atomic mass is 79.9. The molecule has 0 saturated carbocycles. The lowest BCUT2D eigenvalue weighted by Gasteiger charge is -2.31. The smallest absolute Gasteiger partial charge is 0.357 e. The molecule has 31 heavy (non-hydrogen) atoms. The predicted molar refractivity (Wildman–Crippen MR) is 118 cm³/mol. The molecule has 0 spiro atoms. The number of carbonyl (C=O) groups excluding carboxylic acids is 4. The number of alkyl halides is 1. The van der Waals surface area contributed by atoms with E-state index >= 15 is 0 Å². The van der Waals surface area contributed by atoms with E-state index in [1.54, 1.807) is 51.1 Å². The Bertz CT molecular complexity index is 945. The molecule has 0 fully saturated rings. The van der Waals surface area contributed by atoms with Crippen LogP contribution in [0.1, 0.15) is 60.7 Å². The number of carbonyl (C=O) groups is 4. The molecule has 0 bridgehead atoms. The lowest BCUT2D eigenvalue weighted by Crippen LogP contribution is -2.50. The molecular weight excluding hydrogens is 466 g/mol. The van der Waals surface area contributed by atoms with Gasteiger partial charge in [-0.2, -0.15) is 10.1 Å². The monoisotopic (exact) mass is 489 g/mol. The maximum atomic E-state index is 13.5. The second-order valence-electron chi connectivity index (χ2n) is 8.15. The molecule has 1 unspecified atom stereocenters. The van der Waals surface area contributed by atoms with Gasteiger partial charge in [0.1, 0.15) is 17.3 Å². The number of fused-ring (bicyclic) bond motifs is 1. The van der Waals surface area contributed by atoms with E-state index in [9.17, 15) is 19.2 Å². The SMILES string of the molecule is CC(C)(C)OC(=O)C1=CCC=NN1C(=O)C(CCCBr)N1C(=O)c2ccccc2C1=O. The van der Waals surface area contributed by atoms with Crippen LogP contribution < -0.4 is 0 Å². The number of esters is 1. The molecule has 2 aliphatic rings. The standard InChI is InChI=1S/C22H24BrN3O5/c1-22(2,3)31-21(30)17-11-7-13-24-26(17)20(29)16(10-6-12-23)25-18(27)14-8-4-5-9-15(14)19(25)28/h4-5,8-9,11,13,16H,6-7,10,12H2,1-3H3. The van der Waals surface area contributed by atoms with Gasteiger partial charge < -0.3 is 4.74 Å². The Kier molecular flexibility index (Phi) is 6.74. The largest absolute Gasteiger partial charge is 0.455 e. The van der Waals surface area contributed by atoms with Crippen LogP contribution >= 0.6 is 15.9 Å². The number of hydrogen-bond acceptors (Lipinski definition) is 6. The summed E-state index contributed by atoms with van der Waals surface area (Å²) in [5, 5.41) is 5.62. The van der Waals surface area contributed by atoms with Crippen LogP contribution in [0.2, 0.25) is 0 Å². The Morgan fingerprint density at radius 1 is 1.16 bits per heavy atom. The summed E-state index contributed by atoms with van der Waals surface area (Å²) in [6.07, 6.45) is 4.14. The van der Waals surface area contributed by atoms with E-state index in [2.05, 4.69) is 21.0 Å². The number of nitrogens with zero attached hydrogens (tertiary/aromatic N) is 3. The molecule has 1 aromatic rings. The van der Waals surface area contributed by atoms with Gasteiger partial charge >= 0.3 is 5.97 Å². The van der Waals surface area contributed by atoms with Crippen molar-refractivity contribution in [3.8, 4) is 0 Å². The van der Waals surface area contributed by atoms with Gasteiger partial charge in [0.15, 0.2) is 0 Å². The summed E-state index contributed by atoms with van der Waals surface area (Å²) in [5.41, 5.74) is -0.266. The van der Waals surface area contributed by atoms with Crippen LogP contribution in [-0.2, 0) is 14.3 Å². The molecule has 3 amide bonds. The number of allylic oxidation sites excluding steroid dienone is 1. The van der Waals surface area contributed by atoms with Crippen LogP contribution in [0, 0.1) is 0 Å². The Morgan fingerprint density at radius 3 is 2.32 bits per heavy atom. The minimum Gasteiger partial charge on any atom is -0.455 e. The van der Waals surface area contributed by atoms with E-state index in [1.165, 1.54) is 6.21 Å². The molecule has 0 radical (unpaired) electrons. The average molecular weight is 490 g/mol. The quantitative estimate of drug-likeness (QED) is 0.347. The number of hydrazone groups is 1. The second-order valence-corrected chi connectivity index (χ2v) is 8.94. The molecule has 0 aromatic heterocycles. The van der Waals surface area contributed by atoms with Crippen LogP contribution in [-0.4, -0.2) is 56.8 Å². The van der Waals surface area contributed by atoms with E-state index in [-0.39, 0.29) is 23.2 Å². The first-order valence-electron chi connectivity index (χ1n) is 9.98. The summed E-state index contributed by atoms with van der Waals surface area (Å²) >= 11 is 3.33. The Hall–Kier alpha value is -2.81. The van der Waals surface area contributed by atoms with E-state index in [1.807, 2.05) is 0 Å². The van der Waals surface area contributed by atoms with Crippen molar-refractivity contribution < 1.29 is 23.9 Å². The molecule has 8 nitrogen and oxygen atoms in total. The molecule has 1 aromatic carbocycles. The predicted octanol–water partition coefficient (Wildman–Crippen LogP) is 3.27. The lowest BCUT2D eigenvalue weighted by atomic mass is 10.1. The lowest BCUT2D eigenvalue weighted by molar-refractivity contribution is -0.154. The third-order valence-electron chi connectivity index (χ3n) is 4.69. The maximum Gasteiger partial charge on any atom is 0.357 e. The van der Waals surface area contributed by atoms with Crippen molar-refractivity contribution in [3.63, 3.8) is 0 Å². The van der Waals surface area contributed by atoms with Gasteiger partial charge in [-0.25, -0.2) is 4.79 Å². The van der Waals surface area contributed by atoms with Crippen LogP contribution in [0.15, 0.2) is 41.1 Å². The van der Waals surface area contributed by atoms with E-state index in [0.29, 0.717) is 18.2 Å². The molecule has 0 aliphatic carbocycles. The summed E-state index contributed by atoms with van der Waals surface area (Å²) in [5.74, 6) is -2.39. The summed E-state index contributed by atoms with van der Waals surface area (Å²) < 4.78 is 5.41. The fourth-order valence-electron chi connectivity index (χ4n) is 3.38. The van der Waals surface area contributed by atoms with E-state index < -0.39 is 35.3 Å². The molecule has 1 atom stereocenters. The number of ether oxygens (including phenoxy) is 1. The first-order valence-corrected chi connectivity index (χ1v) is 11.1. The van der Waals surface area contributed by atoms with E-state index in [4.69, 9.17) is 4.74 Å². The molecular formula is C22H24BrN3O5. The number of rotatable bonds is 6. The summed E-state index contributed by atoms with van der Waals surface area (Å²) in [6, 6.07) is 5.35. The first-order chi connectivity index (χ1) is 14.7. The number of amides is 3. The third kappa shape index (κ3) is 4.76. The zero-order valence-corrected chi connectivity index (χ0v) is 19.2. The van der Waals surface area contributed by atoms with Crippen LogP contribution in [0.25, 0.3) is 0 Å². The van der Waals surface area contributed by atoms with Gasteiger partial charge in [-0.1, -0.05) is 28.1 Å². The van der Waals surface area contributed by atoms with Gasteiger partial charge in [0.05, 0.1) is 11.1 Å². The van der Waals surface area contributed by atoms with E-state index in [0.717, 1.165) is 9.91 Å².